The van der Waals surface area contributed by atoms with Gasteiger partial charge < -0.3 is 10.3 Å². The van der Waals surface area contributed by atoms with Gasteiger partial charge in [-0.3, -0.25) is 4.79 Å². The van der Waals surface area contributed by atoms with Crippen LogP contribution < -0.4 is 5.73 Å². The van der Waals surface area contributed by atoms with Gasteiger partial charge in [0, 0.05) is 27.7 Å². The molecule has 1 atom stereocenters. The quantitative estimate of drug-likeness (QED) is 0.509. The number of carbonyl (C=O) groups is 1. The Balaban J connectivity index is 1.88. The van der Waals surface area contributed by atoms with Crippen LogP contribution >= 0.6 is 34.7 Å². The highest BCUT2D eigenvalue weighted by atomic mass is 35.5. The molecular weight excluding hydrogens is 376 g/mol. The number of halogens is 1. The van der Waals surface area contributed by atoms with E-state index in [0.717, 1.165) is 17.1 Å². The molecule has 0 spiro atoms. The monoisotopic (exact) mass is 392 g/mol. The Bertz CT molecular complexity index is 917. The third kappa shape index (κ3) is 3.73. The minimum absolute atomic E-state index is 0.0621. The maximum atomic E-state index is 12.9. The minimum atomic E-state index is -0.272. The van der Waals surface area contributed by atoms with Crippen LogP contribution in [0.4, 0.5) is 5.13 Å². The van der Waals surface area contributed by atoms with Gasteiger partial charge in [0.1, 0.15) is 0 Å². The van der Waals surface area contributed by atoms with Gasteiger partial charge in [0.25, 0.3) is 0 Å². The smallest absolute Gasteiger partial charge is 0.203 e. The predicted molar refractivity (Wildman–Crippen MR) is 104 cm³/mol. The minimum Gasteiger partial charge on any atom is -0.374 e. The zero-order chi connectivity index (χ0) is 18.1. The number of aromatic nitrogens is 3. The van der Waals surface area contributed by atoms with Gasteiger partial charge in [-0.15, -0.1) is 10.2 Å². The number of Topliss-reactive ketones (excluding diaryl/α,β-unsaturated/α-hetero) is 1. The molecule has 2 aromatic heterocycles. The third-order valence-corrected chi connectivity index (χ3v) is 6.04. The number of aryl methyl sites for hydroxylation is 1. The first kappa shape index (κ1) is 18.0. The molecule has 8 heteroatoms. The SMILES string of the molecule is Cc1cc(C(=O)[C@H](C)Sc2nnc(N)s2)c(C)n1-c1ccc(Cl)cc1. The molecule has 2 N–H and O–H groups in total. The maximum Gasteiger partial charge on any atom is 0.203 e. The van der Waals surface area contributed by atoms with E-state index in [1.54, 1.807) is 0 Å². The van der Waals surface area contributed by atoms with Crippen LogP contribution in [0.1, 0.15) is 28.7 Å². The lowest BCUT2D eigenvalue weighted by molar-refractivity contribution is 0.0993. The normalized spacial score (nSPS) is 12.3. The first-order chi connectivity index (χ1) is 11.9. The number of nitrogen functional groups attached to an aromatic ring is 1. The molecule has 0 aliphatic carbocycles. The topological polar surface area (TPSA) is 73.8 Å². The van der Waals surface area contributed by atoms with Gasteiger partial charge in [0.15, 0.2) is 10.1 Å². The summed E-state index contributed by atoms with van der Waals surface area (Å²) in [5, 5.41) is 8.57. The molecule has 1 aromatic carbocycles. The van der Waals surface area contributed by atoms with E-state index >= 15 is 0 Å². The second kappa shape index (κ2) is 7.19. The van der Waals surface area contributed by atoms with Gasteiger partial charge >= 0.3 is 0 Å². The molecular formula is C17H17ClN4OS2. The summed E-state index contributed by atoms with van der Waals surface area (Å²) in [6, 6.07) is 9.50. The highest BCUT2D eigenvalue weighted by Gasteiger charge is 2.23. The van der Waals surface area contributed by atoms with E-state index in [1.807, 2.05) is 51.1 Å². The van der Waals surface area contributed by atoms with Crippen LogP contribution in [0.15, 0.2) is 34.7 Å². The predicted octanol–water partition coefficient (Wildman–Crippen LogP) is 4.54. The summed E-state index contributed by atoms with van der Waals surface area (Å²) in [4.78, 5) is 12.9. The number of anilines is 1. The van der Waals surface area contributed by atoms with Crippen molar-refractivity contribution in [2.24, 2.45) is 0 Å². The lowest BCUT2D eigenvalue weighted by Crippen LogP contribution is -2.14. The van der Waals surface area contributed by atoms with E-state index in [2.05, 4.69) is 14.8 Å². The molecule has 0 saturated heterocycles. The Morgan fingerprint density at radius 3 is 2.56 bits per heavy atom. The van der Waals surface area contributed by atoms with Crippen molar-refractivity contribution < 1.29 is 4.79 Å². The molecule has 5 nitrogen and oxygen atoms in total. The van der Waals surface area contributed by atoms with Gasteiger partial charge in [-0.05, 0) is 51.1 Å². The molecule has 0 amide bonds. The molecule has 0 aliphatic heterocycles. The molecule has 3 rings (SSSR count). The zero-order valence-corrected chi connectivity index (χ0v) is 16.4. The summed E-state index contributed by atoms with van der Waals surface area (Å²) in [6.07, 6.45) is 0. The van der Waals surface area contributed by atoms with E-state index in [1.165, 1.54) is 23.1 Å². The summed E-state index contributed by atoms with van der Waals surface area (Å²) in [5.41, 5.74) is 9.20. The van der Waals surface area contributed by atoms with Crippen molar-refractivity contribution >= 4 is 45.6 Å². The van der Waals surface area contributed by atoms with E-state index in [0.29, 0.717) is 20.1 Å². The van der Waals surface area contributed by atoms with Crippen molar-refractivity contribution in [3.05, 3.63) is 52.3 Å². The number of hydrogen-bond donors (Lipinski definition) is 1. The van der Waals surface area contributed by atoms with Crippen LogP contribution in [0.5, 0.6) is 0 Å². The Hall–Kier alpha value is -1.83. The summed E-state index contributed by atoms with van der Waals surface area (Å²) in [5.74, 6) is 0.0621. The van der Waals surface area contributed by atoms with Crippen LogP contribution in [0.25, 0.3) is 5.69 Å². The van der Waals surface area contributed by atoms with Crippen molar-refractivity contribution in [3.8, 4) is 5.69 Å². The van der Waals surface area contributed by atoms with Crippen molar-refractivity contribution in [2.45, 2.75) is 30.4 Å². The fraction of sp³-hybridized carbons (Fsp3) is 0.235. The number of nitrogens with two attached hydrogens (primary N) is 1. The lowest BCUT2D eigenvalue weighted by Gasteiger charge is -2.11. The molecule has 0 bridgehead atoms. The van der Waals surface area contributed by atoms with Crippen LogP contribution in [0.3, 0.4) is 0 Å². The van der Waals surface area contributed by atoms with Gasteiger partial charge in [-0.2, -0.15) is 0 Å². The van der Waals surface area contributed by atoms with E-state index in [9.17, 15) is 4.79 Å². The van der Waals surface area contributed by atoms with Crippen LogP contribution in [-0.2, 0) is 0 Å². The number of carbonyl (C=O) groups excluding carboxylic acids is 1. The zero-order valence-electron chi connectivity index (χ0n) is 14.0. The number of nitrogens with zero attached hydrogens (tertiary/aromatic N) is 3. The fourth-order valence-electron chi connectivity index (χ4n) is 2.69. The number of hydrogen-bond acceptors (Lipinski definition) is 6. The molecule has 0 saturated carbocycles. The summed E-state index contributed by atoms with van der Waals surface area (Å²) < 4.78 is 2.76. The van der Waals surface area contributed by atoms with Gasteiger partial charge in [0.2, 0.25) is 5.13 Å². The third-order valence-electron chi connectivity index (χ3n) is 3.85. The van der Waals surface area contributed by atoms with Crippen LogP contribution in [0, 0.1) is 13.8 Å². The molecule has 0 unspecified atom stereocenters. The molecule has 130 valence electrons. The first-order valence-corrected chi connectivity index (χ1v) is 9.69. The Morgan fingerprint density at radius 1 is 1.28 bits per heavy atom. The van der Waals surface area contributed by atoms with Gasteiger partial charge in [-0.25, -0.2) is 0 Å². The fourth-order valence-corrected chi connectivity index (χ4v) is 4.67. The van der Waals surface area contributed by atoms with Gasteiger partial charge in [0.05, 0.1) is 5.25 Å². The highest BCUT2D eigenvalue weighted by Crippen LogP contribution is 2.31. The maximum absolute atomic E-state index is 12.9. The molecule has 0 radical (unpaired) electrons. The standard InChI is InChI=1S/C17H17ClN4OS2/c1-9-8-14(10(2)22(9)13-6-4-12(18)5-7-13)15(23)11(3)24-17-21-20-16(19)25-17/h4-8,11H,1-3H3,(H2,19,20)/t11-/m0/s1. The molecule has 2 heterocycles. The van der Waals surface area contributed by atoms with E-state index in [4.69, 9.17) is 17.3 Å². The molecule has 25 heavy (non-hydrogen) atoms. The van der Waals surface area contributed by atoms with Crippen LogP contribution in [-0.4, -0.2) is 25.8 Å². The Labute approximate surface area is 159 Å². The Kier molecular flexibility index (Phi) is 5.17. The molecule has 0 fully saturated rings. The summed E-state index contributed by atoms with van der Waals surface area (Å²) in [6.45, 7) is 5.82. The number of ketones is 1. The lowest BCUT2D eigenvalue weighted by atomic mass is 10.1. The van der Waals surface area contributed by atoms with Crippen molar-refractivity contribution in [1.29, 1.82) is 0 Å². The summed E-state index contributed by atoms with van der Waals surface area (Å²) >= 11 is 8.64. The highest BCUT2D eigenvalue weighted by molar-refractivity contribution is 8.02. The number of rotatable bonds is 5. The second-order valence-electron chi connectivity index (χ2n) is 5.63. The average Bonchev–Trinajstić information content (AvgIpc) is 3.11. The number of benzene rings is 1. The molecule has 0 aliphatic rings. The number of thioether (sulfide) groups is 1. The second-order valence-corrected chi connectivity index (χ2v) is 8.66. The van der Waals surface area contributed by atoms with Crippen LogP contribution in [0.2, 0.25) is 5.02 Å². The van der Waals surface area contributed by atoms with Crippen molar-refractivity contribution in [2.75, 3.05) is 5.73 Å². The largest absolute Gasteiger partial charge is 0.374 e. The van der Waals surface area contributed by atoms with Crippen molar-refractivity contribution in [1.82, 2.24) is 14.8 Å². The first-order valence-electron chi connectivity index (χ1n) is 7.61. The summed E-state index contributed by atoms with van der Waals surface area (Å²) in [7, 11) is 0. The Morgan fingerprint density at radius 2 is 1.96 bits per heavy atom. The van der Waals surface area contributed by atoms with E-state index in [-0.39, 0.29) is 11.0 Å². The van der Waals surface area contributed by atoms with E-state index < -0.39 is 0 Å². The van der Waals surface area contributed by atoms with Gasteiger partial charge in [-0.1, -0.05) is 34.7 Å². The van der Waals surface area contributed by atoms with Crippen molar-refractivity contribution in [3.63, 3.8) is 0 Å². The average molecular weight is 393 g/mol. The molecule has 3 aromatic rings.